The molecule has 0 fully saturated rings. The van der Waals surface area contributed by atoms with Crippen molar-refractivity contribution in [3.05, 3.63) is 63.4 Å². The molecular formula is C21H26N2O3S. The van der Waals surface area contributed by atoms with Crippen molar-refractivity contribution in [2.75, 3.05) is 6.61 Å². The molecule has 1 aromatic heterocycles. The number of rotatable bonds is 7. The average molecular weight is 387 g/mol. The molecule has 0 bridgehead atoms. The first-order chi connectivity index (χ1) is 12.8. The normalized spacial score (nSPS) is 10.6. The van der Waals surface area contributed by atoms with Crippen molar-refractivity contribution in [1.29, 1.82) is 0 Å². The van der Waals surface area contributed by atoms with Gasteiger partial charge in [0.2, 0.25) is 0 Å². The number of nitrogens with one attached hydrogen (secondary N) is 2. The Bertz CT molecular complexity index is 817. The lowest BCUT2D eigenvalue weighted by Crippen LogP contribution is -2.41. The van der Waals surface area contributed by atoms with E-state index in [1.807, 2.05) is 19.9 Å². The van der Waals surface area contributed by atoms with Gasteiger partial charge in [-0.25, -0.2) is 0 Å². The van der Waals surface area contributed by atoms with Crippen LogP contribution in [-0.2, 0) is 6.42 Å². The van der Waals surface area contributed by atoms with Crippen LogP contribution in [0.2, 0.25) is 0 Å². The van der Waals surface area contributed by atoms with Crippen molar-refractivity contribution >= 4 is 23.2 Å². The Kier molecular flexibility index (Phi) is 7.19. The van der Waals surface area contributed by atoms with E-state index in [0.717, 1.165) is 28.2 Å². The maximum absolute atomic E-state index is 12.4. The van der Waals surface area contributed by atoms with Crippen LogP contribution in [-0.4, -0.2) is 18.4 Å². The number of ether oxygens (including phenoxy) is 1. The number of benzene rings is 1. The predicted molar refractivity (Wildman–Crippen MR) is 109 cm³/mol. The zero-order chi connectivity index (χ0) is 20.0. The SMILES string of the molecule is C=CCOc1c(C)cc(C(=O)NNC(=O)c2ccc(CC(C)C)s2)cc1C. The lowest BCUT2D eigenvalue weighted by atomic mass is 10.1. The van der Waals surface area contributed by atoms with Gasteiger partial charge in [0, 0.05) is 10.4 Å². The Morgan fingerprint density at radius 1 is 1.15 bits per heavy atom. The zero-order valence-electron chi connectivity index (χ0n) is 16.2. The molecule has 2 rings (SSSR count). The van der Waals surface area contributed by atoms with Gasteiger partial charge in [-0.3, -0.25) is 20.4 Å². The molecule has 144 valence electrons. The molecule has 2 aromatic rings. The second-order valence-corrected chi connectivity index (χ2v) is 7.98. The minimum Gasteiger partial charge on any atom is -0.489 e. The highest BCUT2D eigenvalue weighted by Gasteiger charge is 2.14. The maximum Gasteiger partial charge on any atom is 0.279 e. The van der Waals surface area contributed by atoms with Gasteiger partial charge >= 0.3 is 0 Å². The molecule has 27 heavy (non-hydrogen) atoms. The summed E-state index contributed by atoms with van der Waals surface area (Å²) in [5.74, 6) is 0.586. The molecule has 0 radical (unpaired) electrons. The first-order valence-corrected chi connectivity index (χ1v) is 9.67. The average Bonchev–Trinajstić information content (AvgIpc) is 3.06. The fraction of sp³-hybridized carbons (Fsp3) is 0.333. The largest absolute Gasteiger partial charge is 0.489 e. The molecule has 1 heterocycles. The highest BCUT2D eigenvalue weighted by molar-refractivity contribution is 7.14. The minimum atomic E-state index is -0.371. The first kappa shape index (κ1) is 20.7. The van der Waals surface area contributed by atoms with E-state index in [-0.39, 0.29) is 11.8 Å². The third-order valence-electron chi connectivity index (χ3n) is 3.85. The second-order valence-electron chi connectivity index (χ2n) is 6.81. The summed E-state index contributed by atoms with van der Waals surface area (Å²) in [5, 5.41) is 0. The third kappa shape index (κ3) is 5.69. The van der Waals surface area contributed by atoms with Crippen LogP contribution in [0.5, 0.6) is 5.75 Å². The lowest BCUT2D eigenvalue weighted by molar-refractivity contribution is 0.0849. The summed E-state index contributed by atoms with van der Waals surface area (Å²) >= 11 is 1.44. The van der Waals surface area contributed by atoms with E-state index in [4.69, 9.17) is 4.74 Å². The number of amides is 2. The molecule has 2 amide bonds. The van der Waals surface area contributed by atoms with Crippen LogP contribution in [0.15, 0.2) is 36.9 Å². The molecule has 0 spiro atoms. The van der Waals surface area contributed by atoms with Gasteiger partial charge in [0.05, 0.1) is 4.88 Å². The molecule has 0 aliphatic rings. The summed E-state index contributed by atoms with van der Waals surface area (Å²) in [4.78, 5) is 26.4. The van der Waals surface area contributed by atoms with Crippen molar-refractivity contribution in [2.45, 2.75) is 34.1 Å². The minimum absolute atomic E-state index is 0.317. The highest BCUT2D eigenvalue weighted by atomic mass is 32.1. The van der Waals surface area contributed by atoms with Crippen molar-refractivity contribution in [2.24, 2.45) is 5.92 Å². The molecule has 5 nitrogen and oxygen atoms in total. The Balaban J connectivity index is 1.99. The molecule has 0 unspecified atom stereocenters. The molecule has 6 heteroatoms. The lowest BCUT2D eigenvalue weighted by Gasteiger charge is -2.13. The second kappa shape index (κ2) is 9.37. The maximum atomic E-state index is 12.4. The molecule has 2 N–H and O–H groups in total. The van der Waals surface area contributed by atoms with E-state index in [1.54, 1.807) is 24.3 Å². The molecule has 0 saturated carbocycles. The molecule has 0 aliphatic carbocycles. The number of thiophene rings is 1. The van der Waals surface area contributed by atoms with Crippen LogP contribution in [0.1, 0.15) is 49.9 Å². The van der Waals surface area contributed by atoms with Gasteiger partial charge in [-0.15, -0.1) is 11.3 Å². The number of hydrogen-bond acceptors (Lipinski definition) is 4. The fourth-order valence-corrected chi connectivity index (χ4v) is 3.83. The molecule has 0 aliphatic heterocycles. The van der Waals surface area contributed by atoms with Crippen molar-refractivity contribution in [3.8, 4) is 5.75 Å². The van der Waals surface area contributed by atoms with E-state index in [1.165, 1.54) is 11.3 Å². The van der Waals surface area contributed by atoms with E-state index in [9.17, 15) is 9.59 Å². The Labute approximate surface area is 164 Å². The molecular weight excluding hydrogens is 360 g/mol. The quantitative estimate of drug-likeness (QED) is 0.553. The standard InChI is InChI=1S/C21H26N2O3S/c1-6-9-26-19-14(4)11-16(12-15(19)5)20(24)22-23-21(25)18-8-7-17(27-18)10-13(2)3/h6-8,11-13H,1,9-10H2,2-5H3,(H,22,24)(H,23,25). The van der Waals surface area contributed by atoms with Crippen LogP contribution in [0.3, 0.4) is 0 Å². The Morgan fingerprint density at radius 2 is 1.78 bits per heavy atom. The molecule has 0 saturated heterocycles. The van der Waals surface area contributed by atoms with Crippen LogP contribution >= 0.6 is 11.3 Å². The summed E-state index contributed by atoms with van der Waals surface area (Å²) in [6.45, 7) is 12.1. The Morgan fingerprint density at radius 3 is 2.37 bits per heavy atom. The van der Waals surface area contributed by atoms with Crippen LogP contribution < -0.4 is 15.6 Å². The number of hydrazine groups is 1. The first-order valence-electron chi connectivity index (χ1n) is 8.86. The van der Waals surface area contributed by atoms with E-state index in [0.29, 0.717) is 23.0 Å². The van der Waals surface area contributed by atoms with Gasteiger partial charge in [-0.1, -0.05) is 26.5 Å². The summed E-state index contributed by atoms with van der Waals surface area (Å²) in [7, 11) is 0. The van der Waals surface area contributed by atoms with Gasteiger partial charge < -0.3 is 4.74 Å². The Hall–Kier alpha value is -2.60. The summed E-state index contributed by atoms with van der Waals surface area (Å²) in [6.07, 6.45) is 2.61. The number of carbonyl (C=O) groups excluding carboxylic acids is 2. The van der Waals surface area contributed by atoms with Crippen molar-refractivity contribution in [1.82, 2.24) is 10.9 Å². The van der Waals surface area contributed by atoms with Gasteiger partial charge in [0.15, 0.2) is 0 Å². The highest BCUT2D eigenvalue weighted by Crippen LogP contribution is 2.25. The number of aryl methyl sites for hydroxylation is 2. The van der Waals surface area contributed by atoms with E-state index >= 15 is 0 Å². The topological polar surface area (TPSA) is 67.4 Å². The van der Waals surface area contributed by atoms with E-state index < -0.39 is 0 Å². The summed E-state index contributed by atoms with van der Waals surface area (Å²) in [5.41, 5.74) is 7.12. The number of carbonyl (C=O) groups is 2. The van der Waals surface area contributed by atoms with Crippen LogP contribution in [0.25, 0.3) is 0 Å². The van der Waals surface area contributed by atoms with Gasteiger partial charge in [0.1, 0.15) is 12.4 Å². The fourth-order valence-electron chi connectivity index (χ4n) is 2.71. The predicted octanol–water partition coefficient (Wildman–Crippen LogP) is 4.20. The summed E-state index contributed by atoms with van der Waals surface area (Å²) < 4.78 is 5.62. The van der Waals surface area contributed by atoms with Crippen LogP contribution in [0.4, 0.5) is 0 Å². The zero-order valence-corrected chi connectivity index (χ0v) is 17.0. The number of hydrogen-bond donors (Lipinski definition) is 2. The molecule has 1 aromatic carbocycles. The summed E-state index contributed by atoms with van der Waals surface area (Å²) in [6, 6.07) is 7.21. The van der Waals surface area contributed by atoms with E-state index in [2.05, 4.69) is 31.3 Å². The van der Waals surface area contributed by atoms with Gasteiger partial charge in [-0.05, 0) is 61.6 Å². The van der Waals surface area contributed by atoms with Crippen LogP contribution in [0, 0.1) is 19.8 Å². The third-order valence-corrected chi connectivity index (χ3v) is 4.96. The van der Waals surface area contributed by atoms with Crippen molar-refractivity contribution in [3.63, 3.8) is 0 Å². The monoisotopic (exact) mass is 386 g/mol. The molecule has 0 atom stereocenters. The smallest absolute Gasteiger partial charge is 0.279 e. The van der Waals surface area contributed by atoms with Crippen molar-refractivity contribution < 1.29 is 14.3 Å². The van der Waals surface area contributed by atoms with Gasteiger partial charge in [0.25, 0.3) is 11.8 Å². The van der Waals surface area contributed by atoms with Gasteiger partial charge in [-0.2, -0.15) is 0 Å².